The molecule has 5 atom stereocenters. The normalized spacial score (nSPS) is 28.5. The van der Waals surface area contributed by atoms with Gasteiger partial charge in [-0.1, -0.05) is 18.6 Å². The van der Waals surface area contributed by atoms with Gasteiger partial charge in [0.2, 0.25) is 0 Å². The molecule has 0 amide bonds. The Balaban J connectivity index is 1.67. The zero-order valence-corrected chi connectivity index (χ0v) is 21.0. The Bertz CT molecular complexity index is 1070. The van der Waals surface area contributed by atoms with Gasteiger partial charge in [0.05, 0.1) is 20.3 Å². The number of piperidine rings is 2. The summed E-state index contributed by atoms with van der Waals surface area (Å²) in [6.45, 7) is 1.51. The van der Waals surface area contributed by atoms with Crippen LogP contribution >= 0.6 is 0 Å². The molecule has 5 rings (SSSR count). The minimum absolute atomic E-state index is 0.103. The van der Waals surface area contributed by atoms with Crippen molar-refractivity contribution in [3.05, 3.63) is 47.5 Å². The number of rotatable bonds is 3. The summed E-state index contributed by atoms with van der Waals surface area (Å²) in [5, 5.41) is 10.9. The van der Waals surface area contributed by atoms with Crippen molar-refractivity contribution >= 4 is 5.97 Å². The molecule has 3 aliphatic rings. The van der Waals surface area contributed by atoms with Crippen LogP contribution in [0.2, 0.25) is 0 Å². The van der Waals surface area contributed by atoms with Gasteiger partial charge >= 0.3 is 5.97 Å². The fraction of sp³-hybridized carbons (Fsp3) is 0.552. The highest BCUT2D eigenvalue weighted by atomic mass is 16.5. The van der Waals surface area contributed by atoms with E-state index in [4.69, 9.17) is 14.2 Å². The van der Waals surface area contributed by atoms with E-state index in [2.05, 4.69) is 29.2 Å². The molecule has 6 heteroatoms. The van der Waals surface area contributed by atoms with Gasteiger partial charge in [0, 0.05) is 36.2 Å². The van der Waals surface area contributed by atoms with E-state index in [1.54, 1.807) is 14.2 Å². The summed E-state index contributed by atoms with van der Waals surface area (Å²) in [6.07, 6.45) is 6.81. The van der Waals surface area contributed by atoms with E-state index in [-0.39, 0.29) is 24.2 Å². The molecule has 35 heavy (non-hydrogen) atoms. The maximum Gasteiger partial charge on any atom is 0.302 e. The highest BCUT2D eigenvalue weighted by Crippen LogP contribution is 2.46. The molecule has 0 saturated carbocycles. The summed E-state index contributed by atoms with van der Waals surface area (Å²) < 4.78 is 17.4. The Hall–Kier alpha value is -2.57. The van der Waals surface area contributed by atoms with E-state index in [9.17, 15) is 9.90 Å². The van der Waals surface area contributed by atoms with E-state index in [1.807, 2.05) is 12.1 Å². The molecule has 0 aromatic heterocycles. The molecule has 6 nitrogen and oxygen atoms in total. The van der Waals surface area contributed by atoms with Crippen molar-refractivity contribution in [1.29, 1.82) is 0 Å². The van der Waals surface area contributed by atoms with Crippen LogP contribution in [0.25, 0.3) is 11.1 Å². The Labute approximate surface area is 208 Å². The monoisotopic (exact) mass is 479 g/mol. The zero-order valence-electron chi connectivity index (χ0n) is 21.0. The number of esters is 1. The average Bonchev–Trinajstić information content (AvgIpc) is 2.85. The summed E-state index contributed by atoms with van der Waals surface area (Å²) in [4.78, 5) is 14.6. The molecule has 2 fully saturated rings. The Morgan fingerprint density at radius 3 is 2.31 bits per heavy atom. The van der Waals surface area contributed by atoms with Gasteiger partial charge in [-0.25, -0.2) is 0 Å². The number of nitrogens with zero attached hydrogens (tertiary/aromatic N) is 1. The fourth-order valence-electron chi connectivity index (χ4n) is 6.63. The van der Waals surface area contributed by atoms with Gasteiger partial charge in [-0.2, -0.15) is 0 Å². The number of aryl methyl sites for hydroxylation is 1. The first-order chi connectivity index (χ1) is 17.0. The Morgan fingerprint density at radius 2 is 1.60 bits per heavy atom. The lowest BCUT2D eigenvalue weighted by Gasteiger charge is -2.52. The topological polar surface area (TPSA) is 68.2 Å². The SMILES string of the molecule is COc1ccc2cc1-c1cc(ccc1OC)C1CC(O)CC3CCCC(CC(OC(C)=O)CC2)N31. The van der Waals surface area contributed by atoms with Crippen LogP contribution in [0.1, 0.15) is 69.0 Å². The Kier molecular flexibility index (Phi) is 7.03. The lowest BCUT2D eigenvalue weighted by molar-refractivity contribution is -0.148. The van der Waals surface area contributed by atoms with Crippen molar-refractivity contribution in [3.63, 3.8) is 0 Å². The number of aliphatic hydroxyl groups is 1. The summed E-state index contributed by atoms with van der Waals surface area (Å²) in [5.41, 5.74) is 4.37. The van der Waals surface area contributed by atoms with Gasteiger partial charge < -0.3 is 19.3 Å². The maximum absolute atomic E-state index is 12.0. The lowest BCUT2D eigenvalue weighted by atomic mass is 9.80. The highest BCUT2D eigenvalue weighted by molar-refractivity contribution is 5.77. The fourth-order valence-corrected chi connectivity index (χ4v) is 6.63. The lowest BCUT2D eigenvalue weighted by Crippen LogP contribution is -2.54. The quantitative estimate of drug-likeness (QED) is 0.621. The number of aliphatic hydroxyl groups excluding tert-OH is 1. The van der Waals surface area contributed by atoms with Gasteiger partial charge in [-0.3, -0.25) is 9.69 Å². The van der Waals surface area contributed by atoms with Gasteiger partial charge in [0.1, 0.15) is 17.6 Å². The molecule has 2 aromatic carbocycles. The molecule has 3 heterocycles. The van der Waals surface area contributed by atoms with E-state index in [0.717, 1.165) is 67.6 Å². The molecule has 0 radical (unpaired) electrons. The summed E-state index contributed by atoms with van der Waals surface area (Å²) in [7, 11) is 3.40. The number of benzene rings is 2. The van der Waals surface area contributed by atoms with Crippen molar-refractivity contribution in [2.45, 2.75) is 88.6 Å². The van der Waals surface area contributed by atoms with E-state index in [1.165, 1.54) is 18.1 Å². The molecule has 5 unspecified atom stereocenters. The number of methoxy groups -OCH3 is 2. The van der Waals surface area contributed by atoms with Crippen molar-refractivity contribution in [2.24, 2.45) is 0 Å². The van der Waals surface area contributed by atoms with Crippen molar-refractivity contribution in [1.82, 2.24) is 4.90 Å². The number of fused-ring (bicyclic) bond motifs is 6. The van der Waals surface area contributed by atoms with Crippen LogP contribution in [0.5, 0.6) is 11.5 Å². The smallest absolute Gasteiger partial charge is 0.302 e. The number of ether oxygens (including phenoxy) is 3. The van der Waals surface area contributed by atoms with Gasteiger partial charge in [0.15, 0.2) is 0 Å². The molecule has 0 spiro atoms. The van der Waals surface area contributed by atoms with Crippen LogP contribution in [0.15, 0.2) is 36.4 Å². The van der Waals surface area contributed by atoms with Crippen LogP contribution < -0.4 is 9.47 Å². The highest BCUT2D eigenvalue weighted by Gasteiger charge is 2.42. The molecule has 0 aliphatic carbocycles. The minimum Gasteiger partial charge on any atom is -0.496 e. The first-order valence-electron chi connectivity index (χ1n) is 12.9. The van der Waals surface area contributed by atoms with Crippen molar-refractivity contribution in [2.75, 3.05) is 14.2 Å². The first kappa shape index (κ1) is 24.1. The summed E-state index contributed by atoms with van der Waals surface area (Å²) in [5.74, 6) is 1.39. The first-order valence-corrected chi connectivity index (χ1v) is 12.9. The second-order valence-corrected chi connectivity index (χ2v) is 10.3. The number of hydrogen-bond acceptors (Lipinski definition) is 6. The number of carbonyl (C=O) groups excluding carboxylic acids is 1. The second-order valence-electron chi connectivity index (χ2n) is 10.3. The second kappa shape index (κ2) is 10.2. The van der Waals surface area contributed by atoms with Gasteiger partial charge in [-0.05, 0) is 80.3 Å². The van der Waals surface area contributed by atoms with E-state index in [0.29, 0.717) is 18.5 Å². The number of hydrogen-bond donors (Lipinski definition) is 1. The van der Waals surface area contributed by atoms with Crippen LogP contribution in [0.3, 0.4) is 0 Å². The molecule has 2 aromatic rings. The summed E-state index contributed by atoms with van der Waals surface area (Å²) in [6, 6.07) is 13.5. The molecule has 1 N–H and O–H groups in total. The van der Waals surface area contributed by atoms with Gasteiger partial charge in [0.25, 0.3) is 0 Å². The zero-order chi connectivity index (χ0) is 24.5. The predicted molar refractivity (Wildman–Crippen MR) is 135 cm³/mol. The standard InChI is InChI=1S/C29H37NO5/c1-18(31)35-24-10-7-19-8-11-28(33-2)25(13-19)26-14-20(9-12-29(26)34-3)27-17-23(32)15-21-5-4-6-22(16-24)30(21)27/h8-9,11-14,21-24,27,32H,4-7,10,15-17H2,1-3H3. The molecular formula is C29H37NO5. The largest absolute Gasteiger partial charge is 0.496 e. The predicted octanol–water partition coefficient (Wildman–Crippen LogP) is 5.06. The third kappa shape index (κ3) is 4.91. The molecule has 2 saturated heterocycles. The van der Waals surface area contributed by atoms with Crippen LogP contribution in [0, 0.1) is 0 Å². The maximum atomic E-state index is 12.0. The third-order valence-corrected chi connectivity index (χ3v) is 8.10. The number of carbonyl (C=O) groups is 1. The Morgan fingerprint density at radius 1 is 0.914 bits per heavy atom. The van der Waals surface area contributed by atoms with Crippen LogP contribution in [0.4, 0.5) is 0 Å². The minimum atomic E-state index is -0.316. The third-order valence-electron chi connectivity index (χ3n) is 8.10. The van der Waals surface area contributed by atoms with E-state index < -0.39 is 0 Å². The van der Waals surface area contributed by atoms with Crippen LogP contribution in [-0.4, -0.2) is 54.5 Å². The van der Waals surface area contributed by atoms with Crippen LogP contribution in [-0.2, 0) is 16.0 Å². The van der Waals surface area contributed by atoms with E-state index >= 15 is 0 Å². The van der Waals surface area contributed by atoms with Crippen molar-refractivity contribution < 1.29 is 24.1 Å². The average molecular weight is 480 g/mol. The summed E-state index contributed by atoms with van der Waals surface area (Å²) >= 11 is 0. The van der Waals surface area contributed by atoms with Crippen molar-refractivity contribution in [3.8, 4) is 22.6 Å². The molecular weight excluding hydrogens is 442 g/mol. The molecule has 4 bridgehead atoms. The molecule has 188 valence electrons. The van der Waals surface area contributed by atoms with Gasteiger partial charge in [-0.15, -0.1) is 0 Å². The molecule has 3 aliphatic heterocycles.